The normalized spacial score (nSPS) is 19.2. The third-order valence-corrected chi connectivity index (χ3v) is 3.43. The van der Waals surface area contributed by atoms with Gasteiger partial charge in [-0.2, -0.15) is 0 Å². The summed E-state index contributed by atoms with van der Waals surface area (Å²) in [7, 11) is 1.70. The molecule has 0 spiro atoms. The molecule has 0 radical (unpaired) electrons. The molecule has 1 unspecified atom stereocenters. The number of nitrogens with zero attached hydrogens (tertiary/aromatic N) is 2. The Kier molecular flexibility index (Phi) is 3.87. The number of hydrogen-bond donors (Lipinski definition) is 1. The maximum Gasteiger partial charge on any atom is 0.192 e. The standard InChI is InChI=1S/C14H21N3O/c1-10-4-5-11(2)12(8-10)13-9-16-14(15)17(13)6-7-18-3/h4-5,8,13H,6-7,9H2,1-3H3,(H2,15,16). The second kappa shape index (κ2) is 5.40. The molecule has 1 aromatic rings. The number of rotatable bonds is 4. The highest BCUT2D eigenvalue weighted by atomic mass is 16.5. The predicted molar refractivity (Wildman–Crippen MR) is 73.7 cm³/mol. The highest BCUT2D eigenvalue weighted by Gasteiger charge is 2.28. The number of nitrogens with two attached hydrogens (primary N) is 1. The van der Waals surface area contributed by atoms with Crippen molar-refractivity contribution in [2.24, 2.45) is 10.7 Å². The zero-order valence-electron chi connectivity index (χ0n) is 11.3. The Morgan fingerprint density at radius 3 is 2.94 bits per heavy atom. The monoisotopic (exact) mass is 247 g/mol. The van der Waals surface area contributed by atoms with Gasteiger partial charge in [0.05, 0.1) is 19.2 Å². The van der Waals surface area contributed by atoms with Crippen LogP contribution in [0.4, 0.5) is 0 Å². The van der Waals surface area contributed by atoms with E-state index in [1.54, 1.807) is 7.11 Å². The third kappa shape index (κ3) is 2.48. The Bertz CT molecular complexity index is 456. The predicted octanol–water partition coefficient (Wildman–Crippen LogP) is 1.62. The fourth-order valence-electron chi connectivity index (χ4n) is 2.37. The van der Waals surface area contributed by atoms with Gasteiger partial charge >= 0.3 is 0 Å². The number of aryl methyl sites for hydroxylation is 2. The maximum atomic E-state index is 5.96. The maximum absolute atomic E-state index is 5.96. The Balaban J connectivity index is 2.24. The molecule has 0 saturated heterocycles. The number of methoxy groups -OCH3 is 1. The first-order valence-corrected chi connectivity index (χ1v) is 6.26. The van der Waals surface area contributed by atoms with Crippen LogP contribution in [0.5, 0.6) is 0 Å². The Morgan fingerprint density at radius 2 is 2.22 bits per heavy atom. The molecule has 0 amide bonds. The number of guanidine groups is 1. The smallest absolute Gasteiger partial charge is 0.192 e. The minimum absolute atomic E-state index is 0.250. The highest BCUT2D eigenvalue weighted by Crippen LogP contribution is 2.28. The average Bonchev–Trinajstić information content (AvgIpc) is 2.71. The molecule has 18 heavy (non-hydrogen) atoms. The molecular weight excluding hydrogens is 226 g/mol. The van der Waals surface area contributed by atoms with Crippen molar-refractivity contribution < 1.29 is 4.74 Å². The lowest BCUT2D eigenvalue weighted by molar-refractivity contribution is 0.166. The van der Waals surface area contributed by atoms with E-state index in [0.29, 0.717) is 12.6 Å². The van der Waals surface area contributed by atoms with Crippen LogP contribution in [0.15, 0.2) is 23.2 Å². The van der Waals surface area contributed by atoms with Gasteiger partial charge in [-0.25, -0.2) is 0 Å². The number of benzene rings is 1. The van der Waals surface area contributed by atoms with Gasteiger partial charge in [0.1, 0.15) is 0 Å². The van der Waals surface area contributed by atoms with Crippen molar-refractivity contribution in [2.75, 3.05) is 26.8 Å². The Labute approximate surface area is 108 Å². The van der Waals surface area contributed by atoms with E-state index in [1.807, 2.05) is 0 Å². The van der Waals surface area contributed by atoms with Crippen molar-refractivity contribution in [3.8, 4) is 0 Å². The lowest BCUT2D eigenvalue weighted by Crippen LogP contribution is -2.38. The van der Waals surface area contributed by atoms with E-state index >= 15 is 0 Å². The summed E-state index contributed by atoms with van der Waals surface area (Å²) in [5.74, 6) is 0.623. The Morgan fingerprint density at radius 1 is 1.44 bits per heavy atom. The van der Waals surface area contributed by atoms with E-state index in [0.717, 1.165) is 13.1 Å². The van der Waals surface area contributed by atoms with E-state index in [1.165, 1.54) is 16.7 Å². The molecule has 0 aliphatic carbocycles. The zero-order valence-corrected chi connectivity index (χ0v) is 11.3. The lowest BCUT2D eigenvalue weighted by atomic mass is 9.98. The average molecular weight is 247 g/mol. The van der Waals surface area contributed by atoms with E-state index in [4.69, 9.17) is 10.5 Å². The molecule has 1 heterocycles. The van der Waals surface area contributed by atoms with Crippen LogP contribution in [-0.2, 0) is 4.74 Å². The molecule has 0 bridgehead atoms. The van der Waals surface area contributed by atoms with Crippen molar-refractivity contribution in [1.82, 2.24) is 4.90 Å². The van der Waals surface area contributed by atoms with Crippen molar-refractivity contribution in [1.29, 1.82) is 0 Å². The SMILES string of the molecule is COCCN1C(N)=NCC1c1cc(C)ccc1C. The summed E-state index contributed by atoms with van der Waals surface area (Å²) in [6, 6.07) is 6.78. The van der Waals surface area contributed by atoms with Gasteiger partial charge in [-0.3, -0.25) is 4.99 Å². The van der Waals surface area contributed by atoms with Crippen LogP contribution in [0.1, 0.15) is 22.7 Å². The molecule has 4 heteroatoms. The first-order valence-electron chi connectivity index (χ1n) is 6.26. The van der Waals surface area contributed by atoms with Gasteiger partial charge in [0.15, 0.2) is 5.96 Å². The fraction of sp³-hybridized carbons (Fsp3) is 0.500. The molecule has 98 valence electrons. The molecule has 1 aromatic carbocycles. The molecule has 2 N–H and O–H groups in total. The third-order valence-electron chi connectivity index (χ3n) is 3.43. The van der Waals surface area contributed by atoms with Gasteiger partial charge in [0.2, 0.25) is 0 Å². The van der Waals surface area contributed by atoms with Crippen molar-refractivity contribution in [3.05, 3.63) is 34.9 Å². The van der Waals surface area contributed by atoms with Gasteiger partial charge < -0.3 is 15.4 Å². The molecule has 4 nitrogen and oxygen atoms in total. The molecule has 1 aliphatic rings. The number of ether oxygens (including phenoxy) is 1. The minimum Gasteiger partial charge on any atom is -0.383 e. The largest absolute Gasteiger partial charge is 0.383 e. The van der Waals surface area contributed by atoms with Crippen molar-refractivity contribution >= 4 is 5.96 Å². The van der Waals surface area contributed by atoms with Gasteiger partial charge in [-0.1, -0.05) is 23.8 Å². The number of aliphatic imine (C=N–C) groups is 1. The summed E-state index contributed by atoms with van der Waals surface area (Å²) < 4.78 is 5.14. The van der Waals surface area contributed by atoms with Crippen LogP contribution in [0.2, 0.25) is 0 Å². The van der Waals surface area contributed by atoms with Gasteiger partial charge in [-0.05, 0) is 25.0 Å². The van der Waals surface area contributed by atoms with Crippen molar-refractivity contribution in [2.45, 2.75) is 19.9 Å². The van der Waals surface area contributed by atoms with E-state index in [-0.39, 0.29) is 6.04 Å². The van der Waals surface area contributed by atoms with E-state index in [2.05, 4.69) is 41.9 Å². The van der Waals surface area contributed by atoms with Crippen molar-refractivity contribution in [3.63, 3.8) is 0 Å². The highest BCUT2D eigenvalue weighted by molar-refractivity contribution is 5.80. The summed E-state index contributed by atoms with van der Waals surface area (Å²) >= 11 is 0. The van der Waals surface area contributed by atoms with Gasteiger partial charge in [0.25, 0.3) is 0 Å². The summed E-state index contributed by atoms with van der Waals surface area (Å²) in [4.78, 5) is 6.49. The number of hydrogen-bond acceptors (Lipinski definition) is 4. The van der Waals surface area contributed by atoms with Crippen LogP contribution >= 0.6 is 0 Å². The van der Waals surface area contributed by atoms with Gasteiger partial charge in [0, 0.05) is 13.7 Å². The Hall–Kier alpha value is -1.55. The van der Waals surface area contributed by atoms with E-state index < -0.39 is 0 Å². The molecule has 0 aromatic heterocycles. The molecule has 1 atom stereocenters. The second-order valence-corrected chi connectivity index (χ2v) is 4.76. The van der Waals surface area contributed by atoms with E-state index in [9.17, 15) is 0 Å². The molecule has 1 aliphatic heterocycles. The lowest BCUT2D eigenvalue weighted by Gasteiger charge is -2.27. The summed E-state index contributed by atoms with van der Waals surface area (Å²) in [6.45, 7) is 6.43. The molecule has 2 rings (SSSR count). The molecule has 0 fully saturated rings. The van der Waals surface area contributed by atoms with Crippen LogP contribution in [0, 0.1) is 13.8 Å². The summed E-state index contributed by atoms with van der Waals surface area (Å²) in [5, 5.41) is 0. The summed E-state index contributed by atoms with van der Waals surface area (Å²) in [6.07, 6.45) is 0. The van der Waals surface area contributed by atoms with Crippen LogP contribution in [-0.4, -0.2) is 37.7 Å². The molecule has 0 saturated carbocycles. The first-order chi connectivity index (χ1) is 8.63. The minimum atomic E-state index is 0.250. The van der Waals surface area contributed by atoms with Crippen LogP contribution < -0.4 is 5.73 Å². The summed E-state index contributed by atoms with van der Waals surface area (Å²) in [5.41, 5.74) is 9.83. The first kappa shape index (κ1) is 12.9. The second-order valence-electron chi connectivity index (χ2n) is 4.76. The molecular formula is C14H21N3O. The zero-order chi connectivity index (χ0) is 13.1. The quantitative estimate of drug-likeness (QED) is 0.879. The topological polar surface area (TPSA) is 50.9 Å². The van der Waals surface area contributed by atoms with Crippen LogP contribution in [0.25, 0.3) is 0 Å². The van der Waals surface area contributed by atoms with Gasteiger partial charge in [-0.15, -0.1) is 0 Å². The van der Waals surface area contributed by atoms with Crippen LogP contribution in [0.3, 0.4) is 0 Å². The fourth-order valence-corrected chi connectivity index (χ4v) is 2.37.